The number of halogens is 1. The summed E-state index contributed by atoms with van der Waals surface area (Å²) in [6.07, 6.45) is 0.499. The number of rotatable bonds is 7. The van der Waals surface area contributed by atoms with Crippen LogP contribution in [0.15, 0.2) is 48.5 Å². The Balaban J connectivity index is 2.16. The van der Waals surface area contributed by atoms with Gasteiger partial charge in [-0.15, -0.1) is 0 Å². The first-order valence-corrected chi connectivity index (χ1v) is 7.82. The number of nitrogens with zero attached hydrogens (tertiary/aromatic N) is 1. The van der Waals surface area contributed by atoms with Crippen molar-refractivity contribution in [1.29, 1.82) is 0 Å². The molecule has 0 saturated heterocycles. The summed E-state index contributed by atoms with van der Waals surface area (Å²) in [5.74, 6) is 0.463. The lowest BCUT2D eigenvalue weighted by atomic mass is 9.84. The monoisotopic (exact) mass is 317 g/mol. The Labute approximate surface area is 137 Å². The fraction of sp³-hybridized carbons (Fsp3) is 0.368. The van der Waals surface area contributed by atoms with E-state index in [1.54, 1.807) is 12.1 Å². The van der Waals surface area contributed by atoms with Crippen LogP contribution in [0.1, 0.15) is 24.5 Å². The van der Waals surface area contributed by atoms with Gasteiger partial charge in [0.05, 0.1) is 0 Å². The molecule has 124 valence electrons. The molecule has 23 heavy (non-hydrogen) atoms. The average Bonchev–Trinajstić information content (AvgIpc) is 2.55. The molecule has 0 aliphatic heterocycles. The zero-order chi connectivity index (χ0) is 16.9. The summed E-state index contributed by atoms with van der Waals surface area (Å²) in [6, 6.07) is 13.4. The highest BCUT2D eigenvalue weighted by atomic mass is 19.1. The molecule has 2 aromatic rings. The van der Waals surface area contributed by atoms with Crippen molar-refractivity contribution in [3.05, 3.63) is 65.5 Å². The van der Waals surface area contributed by atoms with E-state index in [4.69, 9.17) is 4.74 Å². The van der Waals surface area contributed by atoms with Crippen LogP contribution < -0.4 is 4.74 Å². The van der Waals surface area contributed by atoms with Gasteiger partial charge in [0.2, 0.25) is 0 Å². The molecule has 0 aliphatic carbocycles. The number of hydrogen-bond donors (Lipinski definition) is 1. The maximum absolute atomic E-state index is 13.1. The van der Waals surface area contributed by atoms with Gasteiger partial charge >= 0.3 is 0 Å². The lowest BCUT2D eigenvalue weighted by molar-refractivity contribution is 0.0764. The summed E-state index contributed by atoms with van der Waals surface area (Å²) in [4.78, 5) is 2.05. The lowest BCUT2D eigenvalue weighted by Gasteiger charge is -2.28. The molecule has 2 aromatic carbocycles. The standard InChI is InChI=1S/C19H24FNO2/c1-4-19(22,15-5-9-17(20)10-6-15)16-7-11-18(12-8-16)23-14-13-21(2)3/h5-12,22H,4,13-14H2,1-3H3. The van der Waals surface area contributed by atoms with Crippen LogP contribution in [0.5, 0.6) is 5.75 Å². The lowest BCUT2D eigenvalue weighted by Crippen LogP contribution is -2.26. The Kier molecular flexibility index (Phi) is 5.74. The highest BCUT2D eigenvalue weighted by molar-refractivity contribution is 5.38. The second-order valence-corrected chi connectivity index (χ2v) is 5.90. The second kappa shape index (κ2) is 7.57. The fourth-order valence-electron chi connectivity index (χ4n) is 2.47. The predicted molar refractivity (Wildman–Crippen MR) is 90.2 cm³/mol. The number of likely N-dealkylation sites (N-methyl/N-ethyl adjacent to an activating group) is 1. The largest absolute Gasteiger partial charge is 0.492 e. The fourth-order valence-corrected chi connectivity index (χ4v) is 2.47. The quantitative estimate of drug-likeness (QED) is 0.849. The van der Waals surface area contributed by atoms with Crippen LogP contribution in [0.2, 0.25) is 0 Å². The minimum atomic E-state index is -1.13. The third kappa shape index (κ3) is 4.30. The van der Waals surface area contributed by atoms with Crippen molar-refractivity contribution in [3.8, 4) is 5.75 Å². The van der Waals surface area contributed by atoms with Gasteiger partial charge in [0.1, 0.15) is 23.8 Å². The molecule has 2 rings (SSSR count). The van der Waals surface area contributed by atoms with Crippen LogP contribution >= 0.6 is 0 Å². The van der Waals surface area contributed by atoms with Gasteiger partial charge in [-0.25, -0.2) is 4.39 Å². The Hall–Kier alpha value is -1.91. The summed E-state index contributed by atoms with van der Waals surface area (Å²) < 4.78 is 18.8. The summed E-state index contributed by atoms with van der Waals surface area (Å²) in [5.41, 5.74) is 0.324. The van der Waals surface area contributed by atoms with Gasteiger partial charge in [-0.2, -0.15) is 0 Å². The van der Waals surface area contributed by atoms with E-state index < -0.39 is 5.60 Å². The van der Waals surface area contributed by atoms with Crippen molar-refractivity contribution >= 4 is 0 Å². The average molecular weight is 317 g/mol. The molecule has 0 radical (unpaired) electrons. The molecular weight excluding hydrogens is 293 g/mol. The van der Waals surface area contributed by atoms with Gasteiger partial charge in [-0.05, 0) is 55.9 Å². The zero-order valence-electron chi connectivity index (χ0n) is 13.9. The SMILES string of the molecule is CCC(O)(c1ccc(F)cc1)c1ccc(OCCN(C)C)cc1. The molecule has 1 atom stereocenters. The van der Waals surface area contributed by atoms with Gasteiger partial charge in [0, 0.05) is 6.54 Å². The van der Waals surface area contributed by atoms with Gasteiger partial charge in [0.15, 0.2) is 0 Å². The molecular formula is C19H24FNO2. The molecule has 0 amide bonds. The Bertz CT molecular complexity index is 610. The van der Waals surface area contributed by atoms with E-state index in [0.717, 1.165) is 17.9 Å². The second-order valence-electron chi connectivity index (χ2n) is 5.90. The molecule has 0 fully saturated rings. The van der Waals surface area contributed by atoms with Crippen LogP contribution in [0, 0.1) is 5.82 Å². The Morgan fingerprint density at radius 3 is 2.00 bits per heavy atom. The van der Waals surface area contributed by atoms with Crippen molar-refractivity contribution in [2.45, 2.75) is 18.9 Å². The van der Waals surface area contributed by atoms with Crippen LogP contribution in [0.3, 0.4) is 0 Å². The third-order valence-electron chi connectivity index (χ3n) is 3.97. The number of aliphatic hydroxyl groups is 1. The smallest absolute Gasteiger partial charge is 0.123 e. The molecule has 4 heteroatoms. The topological polar surface area (TPSA) is 32.7 Å². The van der Waals surface area contributed by atoms with Gasteiger partial charge in [-0.3, -0.25) is 0 Å². The third-order valence-corrected chi connectivity index (χ3v) is 3.97. The molecule has 0 aliphatic rings. The molecule has 0 heterocycles. The van der Waals surface area contributed by atoms with E-state index in [0.29, 0.717) is 18.6 Å². The van der Waals surface area contributed by atoms with Crippen LogP contribution in [-0.4, -0.2) is 37.3 Å². The molecule has 0 saturated carbocycles. The van der Waals surface area contributed by atoms with E-state index in [9.17, 15) is 9.50 Å². The van der Waals surface area contributed by atoms with Crippen LogP contribution in [-0.2, 0) is 5.60 Å². The molecule has 3 nitrogen and oxygen atoms in total. The van der Waals surface area contributed by atoms with Crippen molar-refractivity contribution in [2.24, 2.45) is 0 Å². The number of hydrogen-bond acceptors (Lipinski definition) is 3. The van der Waals surface area contributed by atoms with Crippen LogP contribution in [0.25, 0.3) is 0 Å². The van der Waals surface area contributed by atoms with Crippen molar-refractivity contribution in [2.75, 3.05) is 27.2 Å². The summed E-state index contributed by atoms with van der Waals surface area (Å²) >= 11 is 0. The number of benzene rings is 2. The van der Waals surface area contributed by atoms with Crippen molar-refractivity contribution < 1.29 is 14.2 Å². The van der Waals surface area contributed by atoms with Gasteiger partial charge in [-0.1, -0.05) is 31.2 Å². The molecule has 0 bridgehead atoms. The normalized spacial score (nSPS) is 13.8. The highest BCUT2D eigenvalue weighted by Gasteiger charge is 2.29. The van der Waals surface area contributed by atoms with E-state index in [2.05, 4.69) is 4.90 Å². The van der Waals surface area contributed by atoms with Gasteiger partial charge < -0.3 is 14.7 Å². The molecule has 1 unspecified atom stereocenters. The molecule has 0 spiro atoms. The van der Waals surface area contributed by atoms with E-state index in [-0.39, 0.29) is 5.82 Å². The first-order chi connectivity index (χ1) is 11.0. The van der Waals surface area contributed by atoms with E-state index in [1.807, 2.05) is 45.3 Å². The molecule has 1 N–H and O–H groups in total. The van der Waals surface area contributed by atoms with Crippen molar-refractivity contribution in [1.82, 2.24) is 4.90 Å². The van der Waals surface area contributed by atoms with Crippen molar-refractivity contribution in [3.63, 3.8) is 0 Å². The van der Waals surface area contributed by atoms with E-state index in [1.165, 1.54) is 12.1 Å². The van der Waals surface area contributed by atoms with E-state index >= 15 is 0 Å². The van der Waals surface area contributed by atoms with Crippen LogP contribution in [0.4, 0.5) is 4.39 Å². The Morgan fingerprint density at radius 2 is 1.52 bits per heavy atom. The maximum atomic E-state index is 13.1. The summed E-state index contributed by atoms with van der Waals surface area (Å²) in [5, 5.41) is 11.0. The predicted octanol–water partition coefficient (Wildman–Crippen LogP) is 3.41. The number of ether oxygens (including phenoxy) is 1. The minimum absolute atomic E-state index is 0.308. The highest BCUT2D eigenvalue weighted by Crippen LogP contribution is 2.33. The first-order valence-electron chi connectivity index (χ1n) is 7.82. The summed E-state index contributed by atoms with van der Waals surface area (Å²) in [7, 11) is 3.99. The maximum Gasteiger partial charge on any atom is 0.123 e. The Morgan fingerprint density at radius 1 is 1.00 bits per heavy atom. The van der Waals surface area contributed by atoms with Gasteiger partial charge in [0.25, 0.3) is 0 Å². The summed E-state index contributed by atoms with van der Waals surface area (Å²) in [6.45, 7) is 3.36. The first kappa shape index (κ1) is 17.4. The zero-order valence-corrected chi connectivity index (χ0v) is 13.9. The molecule has 0 aromatic heterocycles. The minimum Gasteiger partial charge on any atom is -0.492 e.